The molecule has 0 bridgehead atoms. The maximum atomic E-state index is 12.7. The first-order chi connectivity index (χ1) is 10.8. The summed E-state index contributed by atoms with van der Waals surface area (Å²) in [6.45, 7) is 3.51. The van der Waals surface area contributed by atoms with Crippen LogP contribution in [-0.2, 0) is 14.8 Å². The number of ether oxygens (including phenoxy) is 1. The number of carboxylic acids is 1. The van der Waals surface area contributed by atoms with Crippen LogP contribution in [0.2, 0.25) is 0 Å². The second kappa shape index (κ2) is 9.43. The molecular formula is C14H21FN2O5S. The molecule has 2 rings (SSSR count). The minimum Gasteiger partial charge on any atom is -0.492 e. The Hall–Kier alpha value is -1.71. The Morgan fingerprint density at radius 2 is 1.83 bits per heavy atom. The van der Waals surface area contributed by atoms with Gasteiger partial charge in [0.15, 0.2) is 0 Å². The van der Waals surface area contributed by atoms with Gasteiger partial charge in [0.05, 0.1) is 5.75 Å². The second-order valence-corrected chi connectivity index (χ2v) is 6.87. The summed E-state index contributed by atoms with van der Waals surface area (Å²) < 4.78 is 43.4. The van der Waals surface area contributed by atoms with Crippen LogP contribution < -0.4 is 10.1 Å². The number of carboxylic acid groups (broad SMARTS) is 1. The summed E-state index contributed by atoms with van der Waals surface area (Å²) >= 11 is 0. The molecule has 9 heteroatoms. The number of nitrogens with one attached hydrogen (secondary N) is 1. The van der Waals surface area contributed by atoms with Crippen LogP contribution in [0.5, 0.6) is 5.75 Å². The molecule has 0 atom stereocenters. The molecule has 1 saturated heterocycles. The van der Waals surface area contributed by atoms with Gasteiger partial charge >= 0.3 is 0 Å². The normalized spacial score (nSPS) is 15.4. The highest BCUT2D eigenvalue weighted by Crippen LogP contribution is 2.11. The van der Waals surface area contributed by atoms with Crippen LogP contribution in [0.1, 0.15) is 6.92 Å². The van der Waals surface area contributed by atoms with Gasteiger partial charge in [-0.15, -0.1) is 0 Å². The van der Waals surface area contributed by atoms with E-state index in [0.29, 0.717) is 31.9 Å². The van der Waals surface area contributed by atoms with E-state index in [-0.39, 0.29) is 18.2 Å². The lowest BCUT2D eigenvalue weighted by Crippen LogP contribution is -2.47. The van der Waals surface area contributed by atoms with E-state index < -0.39 is 16.0 Å². The van der Waals surface area contributed by atoms with Crippen LogP contribution in [0.3, 0.4) is 0 Å². The number of hydrogen-bond acceptors (Lipinski definition) is 5. The van der Waals surface area contributed by atoms with Crippen molar-refractivity contribution in [2.45, 2.75) is 6.92 Å². The van der Waals surface area contributed by atoms with Crippen LogP contribution in [0.25, 0.3) is 0 Å². The number of carbonyl (C=O) groups is 1. The van der Waals surface area contributed by atoms with E-state index in [2.05, 4.69) is 5.32 Å². The highest BCUT2D eigenvalue weighted by Gasteiger charge is 2.23. The summed E-state index contributed by atoms with van der Waals surface area (Å²) in [6, 6.07) is 5.51. The van der Waals surface area contributed by atoms with Crippen molar-refractivity contribution in [2.24, 2.45) is 0 Å². The zero-order valence-corrected chi connectivity index (χ0v) is 13.7. The van der Waals surface area contributed by atoms with E-state index in [1.807, 2.05) is 0 Å². The van der Waals surface area contributed by atoms with Crippen molar-refractivity contribution in [1.29, 1.82) is 0 Å². The Morgan fingerprint density at radius 3 is 2.35 bits per heavy atom. The first kappa shape index (κ1) is 19.3. The Bertz CT molecular complexity index is 582. The number of halogens is 1. The Kier molecular flexibility index (Phi) is 7.93. The number of sulfonamides is 1. The quantitative estimate of drug-likeness (QED) is 0.806. The summed E-state index contributed by atoms with van der Waals surface area (Å²) in [5, 5.41) is 10.5. The SMILES string of the molecule is CC(=O)O.O=S(=O)(CCOc1ccc(F)cc1)N1CCNCC1. The molecule has 130 valence electrons. The Balaban J connectivity index is 0.000000593. The smallest absolute Gasteiger partial charge is 0.300 e. The third kappa shape index (κ3) is 7.91. The molecule has 1 aromatic carbocycles. The minimum absolute atomic E-state index is 0.0651. The molecule has 0 amide bonds. The van der Waals surface area contributed by atoms with E-state index >= 15 is 0 Å². The van der Waals surface area contributed by atoms with Gasteiger partial charge in [-0.05, 0) is 24.3 Å². The fraction of sp³-hybridized carbons (Fsp3) is 0.500. The fourth-order valence-electron chi connectivity index (χ4n) is 1.85. The zero-order chi connectivity index (χ0) is 17.3. The van der Waals surface area contributed by atoms with Gasteiger partial charge in [-0.25, -0.2) is 12.8 Å². The number of piperazine rings is 1. The molecule has 1 heterocycles. The van der Waals surface area contributed by atoms with Crippen molar-refractivity contribution in [2.75, 3.05) is 38.5 Å². The van der Waals surface area contributed by atoms with Crippen molar-refractivity contribution < 1.29 is 27.4 Å². The van der Waals surface area contributed by atoms with Gasteiger partial charge in [0.2, 0.25) is 10.0 Å². The van der Waals surface area contributed by atoms with Crippen LogP contribution in [0.4, 0.5) is 4.39 Å². The topological polar surface area (TPSA) is 95.9 Å². The molecule has 1 aliphatic rings. The van der Waals surface area contributed by atoms with Crippen LogP contribution in [0, 0.1) is 5.82 Å². The van der Waals surface area contributed by atoms with Crippen LogP contribution in [-0.4, -0.2) is 62.3 Å². The first-order valence-corrected chi connectivity index (χ1v) is 8.68. The van der Waals surface area contributed by atoms with Gasteiger partial charge in [-0.3, -0.25) is 4.79 Å². The van der Waals surface area contributed by atoms with Crippen LogP contribution in [0.15, 0.2) is 24.3 Å². The zero-order valence-electron chi connectivity index (χ0n) is 12.9. The van der Waals surface area contributed by atoms with Gasteiger partial charge in [-0.1, -0.05) is 0 Å². The summed E-state index contributed by atoms with van der Waals surface area (Å²) in [5.41, 5.74) is 0. The predicted molar refractivity (Wildman–Crippen MR) is 83.4 cm³/mol. The molecule has 7 nitrogen and oxygen atoms in total. The van der Waals surface area contributed by atoms with Gasteiger partial charge in [0, 0.05) is 33.1 Å². The number of rotatable bonds is 5. The molecule has 0 radical (unpaired) electrons. The van der Waals surface area contributed by atoms with E-state index in [9.17, 15) is 12.8 Å². The number of hydrogen-bond donors (Lipinski definition) is 2. The molecule has 1 aromatic rings. The van der Waals surface area contributed by atoms with Crippen molar-refractivity contribution in [3.8, 4) is 5.75 Å². The molecule has 1 aliphatic heterocycles. The lowest BCUT2D eigenvalue weighted by Gasteiger charge is -2.26. The maximum Gasteiger partial charge on any atom is 0.300 e. The summed E-state index contributed by atoms with van der Waals surface area (Å²) in [4.78, 5) is 9.00. The summed E-state index contributed by atoms with van der Waals surface area (Å²) in [7, 11) is -3.27. The fourth-order valence-corrected chi connectivity index (χ4v) is 3.14. The Labute approximate surface area is 135 Å². The maximum absolute atomic E-state index is 12.7. The number of aliphatic carboxylic acids is 1. The van der Waals surface area contributed by atoms with E-state index in [1.165, 1.54) is 28.6 Å². The molecule has 0 saturated carbocycles. The highest BCUT2D eigenvalue weighted by atomic mass is 32.2. The van der Waals surface area contributed by atoms with Crippen molar-refractivity contribution in [3.05, 3.63) is 30.1 Å². The molecule has 0 spiro atoms. The molecule has 1 fully saturated rings. The molecule has 0 aromatic heterocycles. The monoisotopic (exact) mass is 348 g/mol. The molecule has 0 unspecified atom stereocenters. The van der Waals surface area contributed by atoms with Gasteiger partial charge in [0.25, 0.3) is 5.97 Å². The minimum atomic E-state index is -3.27. The molecule has 0 aliphatic carbocycles. The van der Waals surface area contributed by atoms with E-state index in [0.717, 1.165) is 6.92 Å². The van der Waals surface area contributed by atoms with E-state index in [4.69, 9.17) is 14.6 Å². The third-order valence-corrected chi connectivity index (χ3v) is 4.73. The number of benzene rings is 1. The van der Waals surface area contributed by atoms with Crippen molar-refractivity contribution >= 4 is 16.0 Å². The van der Waals surface area contributed by atoms with Crippen LogP contribution >= 0.6 is 0 Å². The Morgan fingerprint density at radius 1 is 1.30 bits per heavy atom. The second-order valence-electron chi connectivity index (χ2n) is 4.79. The third-order valence-electron chi connectivity index (χ3n) is 2.89. The standard InChI is InChI=1S/C12H17FN2O3S.C2H4O2/c13-11-1-3-12(4-2-11)18-9-10-19(16,17)15-7-5-14-6-8-15;1-2(3)4/h1-4,14H,5-10H2;1H3,(H,3,4). The summed E-state index contributed by atoms with van der Waals surface area (Å²) in [6.07, 6.45) is 0. The lowest BCUT2D eigenvalue weighted by molar-refractivity contribution is -0.134. The largest absolute Gasteiger partial charge is 0.492 e. The van der Waals surface area contributed by atoms with Crippen molar-refractivity contribution in [3.63, 3.8) is 0 Å². The van der Waals surface area contributed by atoms with E-state index in [1.54, 1.807) is 0 Å². The molecule has 23 heavy (non-hydrogen) atoms. The highest BCUT2D eigenvalue weighted by molar-refractivity contribution is 7.89. The number of nitrogens with zero attached hydrogens (tertiary/aromatic N) is 1. The van der Waals surface area contributed by atoms with Gasteiger partial charge < -0.3 is 15.2 Å². The van der Waals surface area contributed by atoms with Crippen molar-refractivity contribution in [1.82, 2.24) is 9.62 Å². The first-order valence-electron chi connectivity index (χ1n) is 7.08. The lowest BCUT2D eigenvalue weighted by atomic mass is 10.3. The molecular weight excluding hydrogens is 327 g/mol. The summed E-state index contributed by atoms with van der Waals surface area (Å²) in [5.74, 6) is -0.776. The molecule has 2 N–H and O–H groups in total. The van der Waals surface area contributed by atoms with Gasteiger partial charge in [-0.2, -0.15) is 4.31 Å². The predicted octanol–water partition coefficient (Wildman–Crippen LogP) is 0.530. The average molecular weight is 348 g/mol. The average Bonchev–Trinajstić information content (AvgIpc) is 2.49. The van der Waals surface area contributed by atoms with Gasteiger partial charge in [0.1, 0.15) is 18.2 Å².